The molecule has 5 heteroatoms. The Bertz CT molecular complexity index is 555. The van der Waals surface area contributed by atoms with E-state index < -0.39 is 0 Å². The molecule has 0 spiro atoms. The number of pyridine rings is 1. The molecule has 1 N–H and O–H groups in total. The summed E-state index contributed by atoms with van der Waals surface area (Å²) < 4.78 is 0.789. The molecule has 0 aliphatic carbocycles. The molecule has 1 heterocycles. The zero-order valence-electron chi connectivity index (χ0n) is 10.1. The summed E-state index contributed by atoms with van der Waals surface area (Å²) in [6, 6.07) is 8.99. The van der Waals surface area contributed by atoms with E-state index in [1.54, 1.807) is 30.6 Å². The van der Waals surface area contributed by atoms with Crippen molar-refractivity contribution in [3.8, 4) is 0 Å². The topological polar surface area (TPSA) is 42.0 Å². The maximum atomic E-state index is 11.9. The van der Waals surface area contributed by atoms with Crippen molar-refractivity contribution in [2.75, 3.05) is 6.54 Å². The first-order valence-electron chi connectivity index (χ1n) is 5.78. The van der Waals surface area contributed by atoms with Crippen molar-refractivity contribution >= 4 is 33.4 Å². The lowest BCUT2D eigenvalue weighted by molar-refractivity contribution is 0.0954. The lowest BCUT2D eigenvalue weighted by atomic mass is 10.2. The van der Waals surface area contributed by atoms with Gasteiger partial charge in [0.1, 0.15) is 0 Å². The van der Waals surface area contributed by atoms with Gasteiger partial charge in [-0.1, -0.05) is 33.6 Å². The van der Waals surface area contributed by atoms with E-state index in [4.69, 9.17) is 11.6 Å². The monoisotopic (exact) mass is 338 g/mol. The number of benzene rings is 1. The molecule has 98 valence electrons. The second kappa shape index (κ2) is 6.68. The van der Waals surface area contributed by atoms with Crippen molar-refractivity contribution in [3.63, 3.8) is 0 Å². The first-order chi connectivity index (χ1) is 9.15. The molecule has 0 bridgehead atoms. The highest BCUT2D eigenvalue weighted by Crippen LogP contribution is 2.19. The zero-order chi connectivity index (χ0) is 13.7. The Balaban J connectivity index is 1.91. The van der Waals surface area contributed by atoms with Crippen LogP contribution in [0.2, 0.25) is 5.02 Å². The molecular weight excluding hydrogens is 328 g/mol. The van der Waals surface area contributed by atoms with Gasteiger partial charge in [0, 0.05) is 34.0 Å². The van der Waals surface area contributed by atoms with Crippen LogP contribution in [0.1, 0.15) is 15.9 Å². The Kier molecular flexibility index (Phi) is 4.93. The number of aromatic nitrogens is 1. The Morgan fingerprint density at radius 1 is 1.37 bits per heavy atom. The van der Waals surface area contributed by atoms with Crippen LogP contribution in [0.25, 0.3) is 0 Å². The molecule has 0 saturated carbocycles. The molecule has 1 aromatic carbocycles. The van der Waals surface area contributed by atoms with E-state index in [0.29, 0.717) is 17.1 Å². The Hall–Kier alpha value is -1.39. The maximum Gasteiger partial charge on any atom is 0.251 e. The SMILES string of the molecule is O=C(NCCc1cccnc1)c1cc(Cl)cc(Br)c1. The third-order valence-electron chi connectivity index (χ3n) is 2.55. The smallest absolute Gasteiger partial charge is 0.251 e. The minimum absolute atomic E-state index is 0.132. The molecular formula is C14H12BrClN2O. The third-order valence-corrected chi connectivity index (χ3v) is 3.22. The molecule has 0 unspecified atom stereocenters. The van der Waals surface area contributed by atoms with Crippen LogP contribution in [-0.4, -0.2) is 17.4 Å². The molecule has 3 nitrogen and oxygen atoms in total. The lowest BCUT2D eigenvalue weighted by Gasteiger charge is -2.06. The summed E-state index contributed by atoms with van der Waals surface area (Å²) in [5.41, 5.74) is 1.64. The van der Waals surface area contributed by atoms with Gasteiger partial charge in [-0.3, -0.25) is 9.78 Å². The minimum atomic E-state index is -0.132. The number of nitrogens with zero attached hydrogens (tertiary/aromatic N) is 1. The van der Waals surface area contributed by atoms with Crippen LogP contribution in [0.3, 0.4) is 0 Å². The fourth-order valence-electron chi connectivity index (χ4n) is 1.65. The maximum absolute atomic E-state index is 11.9. The fourth-order valence-corrected chi connectivity index (χ4v) is 2.51. The van der Waals surface area contributed by atoms with Crippen LogP contribution in [0, 0.1) is 0 Å². The Morgan fingerprint density at radius 3 is 2.89 bits per heavy atom. The highest BCUT2D eigenvalue weighted by molar-refractivity contribution is 9.10. The van der Waals surface area contributed by atoms with Crippen molar-refractivity contribution in [2.24, 2.45) is 0 Å². The molecule has 0 aliphatic heterocycles. The first-order valence-corrected chi connectivity index (χ1v) is 6.95. The second-order valence-electron chi connectivity index (χ2n) is 4.03. The summed E-state index contributed by atoms with van der Waals surface area (Å²) in [5, 5.41) is 3.39. The van der Waals surface area contributed by atoms with Gasteiger partial charge >= 0.3 is 0 Å². The number of nitrogens with one attached hydrogen (secondary N) is 1. The lowest BCUT2D eigenvalue weighted by Crippen LogP contribution is -2.25. The van der Waals surface area contributed by atoms with Gasteiger partial charge in [0.05, 0.1) is 0 Å². The van der Waals surface area contributed by atoms with E-state index >= 15 is 0 Å². The molecule has 0 saturated heterocycles. The number of amides is 1. The van der Waals surface area contributed by atoms with E-state index in [2.05, 4.69) is 26.2 Å². The predicted molar refractivity (Wildman–Crippen MR) is 79.4 cm³/mol. The van der Waals surface area contributed by atoms with Crippen LogP contribution >= 0.6 is 27.5 Å². The number of hydrogen-bond acceptors (Lipinski definition) is 2. The van der Waals surface area contributed by atoms with Gasteiger partial charge in [0.2, 0.25) is 0 Å². The summed E-state index contributed by atoms with van der Waals surface area (Å²) >= 11 is 9.22. The quantitative estimate of drug-likeness (QED) is 0.927. The van der Waals surface area contributed by atoms with Crippen molar-refractivity contribution in [1.82, 2.24) is 10.3 Å². The molecule has 1 amide bonds. The highest BCUT2D eigenvalue weighted by Gasteiger charge is 2.07. The van der Waals surface area contributed by atoms with Crippen LogP contribution in [0.4, 0.5) is 0 Å². The first kappa shape index (κ1) is 14.0. The molecule has 0 atom stereocenters. The average Bonchev–Trinajstić information content (AvgIpc) is 2.38. The summed E-state index contributed by atoms with van der Waals surface area (Å²) in [5.74, 6) is -0.132. The second-order valence-corrected chi connectivity index (χ2v) is 5.38. The molecule has 0 radical (unpaired) electrons. The van der Waals surface area contributed by atoms with Gasteiger partial charge < -0.3 is 5.32 Å². The largest absolute Gasteiger partial charge is 0.352 e. The van der Waals surface area contributed by atoms with Gasteiger partial charge in [-0.25, -0.2) is 0 Å². The normalized spacial score (nSPS) is 10.2. The molecule has 2 aromatic rings. The number of halogens is 2. The summed E-state index contributed by atoms with van der Waals surface area (Å²) in [4.78, 5) is 16.0. The highest BCUT2D eigenvalue weighted by atomic mass is 79.9. The van der Waals surface area contributed by atoms with Crippen molar-refractivity contribution < 1.29 is 4.79 Å². The predicted octanol–water partition coefficient (Wildman–Crippen LogP) is 3.47. The van der Waals surface area contributed by atoms with Crippen LogP contribution in [-0.2, 0) is 6.42 Å². The van der Waals surface area contributed by atoms with E-state index in [0.717, 1.165) is 16.5 Å². The van der Waals surface area contributed by atoms with Gasteiger partial charge in [-0.05, 0) is 36.2 Å². The molecule has 19 heavy (non-hydrogen) atoms. The average molecular weight is 340 g/mol. The third kappa shape index (κ3) is 4.33. The fraction of sp³-hybridized carbons (Fsp3) is 0.143. The van der Waals surface area contributed by atoms with E-state index in [-0.39, 0.29) is 5.91 Å². The Morgan fingerprint density at radius 2 is 2.21 bits per heavy atom. The van der Waals surface area contributed by atoms with E-state index in [9.17, 15) is 4.79 Å². The standard InChI is InChI=1S/C14H12BrClN2O/c15-12-6-11(7-13(16)8-12)14(19)18-5-3-10-2-1-4-17-9-10/h1-2,4,6-9H,3,5H2,(H,18,19). The van der Waals surface area contributed by atoms with E-state index in [1.807, 2.05) is 12.1 Å². The minimum Gasteiger partial charge on any atom is -0.352 e. The van der Waals surface area contributed by atoms with Crippen LogP contribution < -0.4 is 5.32 Å². The number of rotatable bonds is 4. The van der Waals surface area contributed by atoms with Crippen molar-refractivity contribution in [1.29, 1.82) is 0 Å². The summed E-state index contributed by atoms with van der Waals surface area (Å²) in [6.45, 7) is 0.564. The summed E-state index contributed by atoms with van der Waals surface area (Å²) in [6.07, 6.45) is 4.27. The van der Waals surface area contributed by atoms with Crippen molar-refractivity contribution in [3.05, 3.63) is 63.3 Å². The number of hydrogen-bond donors (Lipinski definition) is 1. The summed E-state index contributed by atoms with van der Waals surface area (Å²) in [7, 11) is 0. The Labute approximate surface area is 125 Å². The van der Waals surface area contributed by atoms with E-state index in [1.165, 1.54) is 0 Å². The molecule has 0 fully saturated rings. The van der Waals surface area contributed by atoms with Crippen LogP contribution in [0.5, 0.6) is 0 Å². The zero-order valence-corrected chi connectivity index (χ0v) is 12.4. The van der Waals surface area contributed by atoms with Gasteiger partial charge in [0.25, 0.3) is 5.91 Å². The van der Waals surface area contributed by atoms with Gasteiger partial charge in [-0.2, -0.15) is 0 Å². The number of carbonyl (C=O) groups excluding carboxylic acids is 1. The number of carbonyl (C=O) groups is 1. The molecule has 0 aliphatic rings. The van der Waals surface area contributed by atoms with Crippen molar-refractivity contribution in [2.45, 2.75) is 6.42 Å². The van der Waals surface area contributed by atoms with Gasteiger partial charge in [-0.15, -0.1) is 0 Å². The van der Waals surface area contributed by atoms with Crippen LogP contribution in [0.15, 0.2) is 47.2 Å². The molecule has 1 aromatic heterocycles. The molecule has 2 rings (SSSR count). The van der Waals surface area contributed by atoms with Gasteiger partial charge in [0.15, 0.2) is 0 Å².